The van der Waals surface area contributed by atoms with Crippen LogP contribution in [-0.4, -0.2) is 25.0 Å². The highest BCUT2D eigenvalue weighted by atomic mass is 79.9. The Morgan fingerprint density at radius 1 is 1.37 bits per heavy atom. The predicted molar refractivity (Wildman–Crippen MR) is 73.3 cm³/mol. The normalized spacial score (nSPS) is 14.0. The van der Waals surface area contributed by atoms with Gasteiger partial charge in [0.2, 0.25) is 0 Å². The van der Waals surface area contributed by atoms with Gasteiger partial charge in [-0.3, -0.25) is 4.79 Å². The summed E-state index contributed by atoms with van der Waals surface area (Å²) in [6.07, 6.45) is 2.33. The van der Waals surface area contributed by atoms with Crippen molar-refractivity contribution in [1.82, 2.24) is 0 Å². The summed E-state index contributed by atoms with van der Waals surface area (Å²) in [5.41, 5.74) is 0.244. The van der Waals surface area contributed by atoms with Crippen molar-refractivity contribution in [3.05, 3.63) is 28.2 Å². The molecular formula is C14H15BrO4. The highest BCUT2D eigenvalue weighted by molar-refractivity contribution is 9.10. The Hall–Kier alpha value is -1.36. The summed E-state index contributed by atoms with van der Waals surface area (Å²) < 4.78 is 11.1. The fourth-order valence-electron chi connectivity index (χ4n) is 1.60. The van der Waals surface area contributed by atoms with Crippen molar-refractivity contribution in [2.24, 2.45) is 5.92 Å². The monoisotopic (exact) mass is 326 g/mol. The molecule has 0 aliphatic heterocycles. The summed E-state index contributed by atoms with van der Waals surface area (Å²) in [6, 6.07) is 5.06. The zero-order chi connectivity index (χ0) is 13.8. The van der Waals surface area contributed by atoms with Gasteiger partial charge in [0.15, 0.2) is 0 Å². The largest absolute Gasteiger partial charge is 0.493 e. The SMILES string of the molecule is CCOC(=O)C(=O)c1cc(Br)ccc1OCC1CC1. The second kappa shape index (κ2) is 6.19. The third-order valence-electron chi connectivity index (χ3n) is 2.82. The third-order valence-corrected chi connectivity index (χ3v) is 3.31. The molecule has 0 unspecified atom stereocenters. The van der Waals surface area contributed by atoms with E-state index in [9.17, 15) is 9.59 Å². The van der Waals surface area contributed by atoms with Crippen molar-refractivity contribution >= 4 is 27.7 Å². The lowest BCUT2D eigenvalue weighted by Gasteiger charge is -2.10. The molecule has 0 saturated heterocycles. The lowest BCUT2D eigenvalue weighted by molar-refractivity contribution is -0.137. The van der Waals surface area contributed by atoms with Crippen molar-refractivity contribution in [3.8, 4) is 5.75 Å². The summed E-state index contributed by atoms with van der Waals surface area (Å²) in [5.74, 6) is -0.506. The Labute approximate surface area is 120 Å². The average molecular weight is 327 g/mol. The quantitative estimate of drug-likeness (QED) is 0.458. The average Bonchev–Trinajstić information content (AvgIpc) is 3.20. The van der Waals surface area contributed by atoms with E-state index >= 15 is 0 Å². The van der Waals surface area contributed by atoms with Crippen LogP contribution in [0, 0.1) is 5.92 Å². The molecule has 1 aliphatic carbocycles. The zero-order valence-corrected chi connectivity index (χ0v) is 12.2. The van der Waals surface area contributed by atoms with Crippen LogP contribution >= 0.6 is 15.9 Å². The molecule has 0 amide bonds. The molecule has 1 aliphatic rings. The molecule has 102 valence electrons. The molecule has 0 atom stereocenters. The smallest absolute Gasteiger partial charge is 0.379 e. The van der Waals surface area contributed by atoms with E-state index < -0.39 is 11.8 Å². The number of benzene rings is 1. The van der Waals surface area contributed by atoms with Crippen LogP contribution in [0.1, 0.15) is 30.1 Å². The van der Waals surface area contributed by atoms with Crippen molar-refractivity contribution in [2.45, 2.75) is 19.8 Å². The van der Waals surface area contributed by atoms with E-state index in [0.29, 0.717) is 18.3 Å². The van der Waals surface area contributed by atoms with Gasteiger partial charge in [0.05, 0.1) is 18.8 Å². The molecule has 0 N–H and O–H groups in total. The minimum absolute atomic E-state index is 0.177. The lowest BCUT2D eigenvalue weighted by atomic mass is 10.1. The van der Waals surface area contributed by atoms with Crippen LogP contribution in [0.15, 0.2) is 22.7 Å². The number of hydrogen-bond donors (Lipinski definition) is 0. The van der Waals surface area contributed by atoms with E-state index in [2.05, 4.69) is 15.9 Å². The van der Waals surface area contributed by atoms with E-state index in [1.807, 2.05) is 0 Å². The van der Waals surface area contributed by atoms with E-state index in [1.165, 1.54) is 0 Å². The van der Waals surface area contributed by atoms with E-state index in [-0.39, 0.29) is 12.2 Å². The third kappa shape index (κ3) is 3.80. The topological polar surface area (TPSA) is 52.6 Å². The number of carbonyl (C=O) groups is 2. The molecule has 1 saturated carbocycles. The molecule has 4 nitrogen and oxygen atoms in total. The number of hydrogen-bond acceptors (Lipinski definition) is 4. The van der Waals surface area contributed by atoms with Crippen LogP contribution in [0.25, 0.3) is 0 Å². The first-order chi connectivity index (χ1) is 9.11. The molecule has 1 fully saturated rings. The Balaban J connectivity index is 2.17. The number of esters is 1. The molecule has 0 bridgehead atoms. The van der Waals surface area contributed by atoms with Crippen LogP contribution < -0.4 is 4.74 Å². The number of carbonyl (C=O) groups excluding carboxylic acids is 2. The van der Waals surface area contributed by atoms with Gasteiger partial charge in [0, 0.05) is 4.47 Å². The molecule has 0 spiro atoms. The fourth-order valence-corrected chi connectivity index (χ4v) is 1.97. The maximum atomic E-state index is 12.0. The highest BCUT2D eigenvalue weighted by Crippen LogP contribution is 2.31. The Bertz CT molecular complexity index is 494. The van der Waals surface area contributed by atoms with Crippen LogP contribution in [0.4, 0.5) is 0 Å². The van der Waals surface area contributed by atoms with Gasteiger partial charge < -0.3 is 9.47 Å². The van der Waals surface area contributed by atoms with Crippen LogP contribution in [0.5, 0.6) is 5.75 Å². The molecule has 0 radical (unpaired) electrons. The lowest BCUT2D eigenvalue weighted by Crippen LogP contribution is -2.18. The fraction of sp³-hybridized carbons (Fsp3) is 0.429. The maximum absolute atomic E-state index is 12.0. The Kier molecular flexibility index (Phi) is 4.58. The summed E-state index contributed by atoms with van der Waals surface area (Å²) >= 11 is 3.29. The minimum atomic E-state index is -0.850. The van der Waals surface area contributed by atoms with Crippen molar-refractivity contribution in [1.29, 1.82) is 0 Å². The molecule has 2 rings (SSSR count). The molecule has 0 aromatic heterocycles. The second-order valence-corrected chi connectivity index (χ2v) is 5.36. The minimum Gasteiger partial charge on any atom is -0.493 e. The molecule has 19 heavy (non-hydrogen) atoms. The van der Waals surface area contributed by atoms with Crippen molar-refractivity contribution in [3.63, 3.8) is 0 Å². The first kappa shape index (κ1) is 14.1. The summed E-state index contributed by atoms with van der Waals surface area (Å²) in [7, 11) is 0. The van der Waals surface area contributed by atoms with Crippen molar-refractivity contribution < 1.29 is 19.1 Å². The Morgan fingerprint density at radius 3 is 2.74 bits per heavy atom. The number of ether oxygens (including phenoxy) is 2. The highest BCUT2D eigenvalue weighted by Gasteiger charge is 2.25. The number of Topliss-reactive ketones (excluding diaryl/α,β-unsaturated/α-hetero) is 1. The summed E-state index contributed by atoms with van der Waals surface area (Å²) in [5, 5.41) is 0. The van der Waals surface area contributed by atoms with E-state index in [1.54, 1.807) is 25.1 Å². The van der Waals surface area contributed by atoms with Gasteiger partial charge in [0.1, 0.15) is 5.75 Å². The van der Waals surface area contributed by atoms with Crippen LogP contribution in [-0.2, 0) is 9.53 Å². The van der Waals surface area contributed by atoms with Gasteiger partial charge in [-0.1, -0.05) is 15.9 Å². The van der Waals surface area contributed by atoms with Crippen LogP contribution in [0.2, 0.25) is 0 Å². The van der Waals surface area contributed by atoms with E-state index in [4.69, 9.17) is 9.47 Å². The number of ketones is 1. The summed E-state index contributed by atoms with van der Waals surface area (Å²) in [6.45, 7) is 2.43. The molecule has 0 heterocycles. The van der Waals surface area contributed by atoms with Crippen LogP contribution in [0.3, 0.4) is 0 Å². The standard InChI is InChI=1S/C14H15BrO4/c1-2-18-14(17)13(16)11-7-10(15)5-6-12(11)19-8-9-3-4-9/h5-7,9H,2-4,8H2,1H3. The van der Waals surface area contributed by atoms with Gasteiger partial charge in [-0.25, -0.2) is 4.79 Å². The molecule has 5 heteroatoms. The van der Waals surface area contributed by atoms with Gasteiger partial charge in [-0.15, -0.1) is 0 Å². The predicted octanol–water partition coefficient (Wildman–Crippen LogP) is 2.98. The first-order valence-corrected chi connectivity index (χ1v) is 7.05. The van der Waals surface area contributed by atoms with Gasteiger partial charge in [-0.05, 0) is 43.9 Å². The first-order valence-electron chi connectivity index (χ1n) is 6.25. The Morgan fingerprint density at radius 2 is 2.11 bits per heavy atom. The maximum Gasteiger partial charge on any atom is 0.379 e. The second-order valence-electron chi connectivity index (χ2n) is 4.44. The number of rotatable bonds is 6. The van der Waals surface area contributed by atoms with Gasteiger partial charge in [0.25, 0.3) is 5.78 Å². The summed E-state index contributed by atoms with van der Waals surface area (Å²) in [4.78, 5) is 23.5. The van der Waals surface area contributed by atoms with E-state index in [0.717, 1.165) is 17.3 Å². The molecular weight excluding hydrogens is 312 g/mol. The van der Waals surface area contributed by atoms with Crippen molar-refractivity contribution in [2.75, 3.05) is 13.2 Å². The zero-order valence-electron chi connectivity index (χ0n) is 10.6. The van der Waals surface area contributed by atoms with Gasteiger partial charge in [-0.2, -0.15) is 0 Å². The molecule has 1 aromatic rings. The number of halogens is 1. The molecule has 1 aromatic carbocycles. The van der Waals surface area contributed by atoms with Gasteiger partial charge >= 0.3 is 5.97 Å².